The first-order valence-electron chi connectivity index (χ1n) is 6.13. The van der Waals surface area contributed by atoms with Gasteiger partial charge in [0.1, 0.15) is 5.82 Å². The van der Waals surface area contributed by atoms with E-state index in [0.717, 1.165) is 17.7 Å². The van der Waals surface area contributed by atoms with Crippen molar-refractivity contribution >= 4 is 11.7 Å². The van der Waals surface area contributed by atoms with Gasteiger partial charge >= 0.3 is 0 Å². The van der Waals surface area contributed by atoms with Gasteiger partial charge in [0.05, 0.1) is 17.8 Å². The number of nitrogens with one attached hydrogen (secondary N) is 1. The quantitative estimate of drug-likeness (QED) is 0.869. The predicted octanol–water partition coefficient (Wildman–Crippen LogP) is 1.55. The smallest absolute Gasteiger partial charge is 0.255 e. The second-order valence-electron chi connectivity index (χ2n) is 4.08. The lowest BCUT2D eigenvalue weighted by Crippen LogP contribution is -2.25. The van der Waals surface area contributed by atoms with Crippen LogP contribution in [0.3, 0.4) is 0 Å². The van der Waals surface area contributed by atoms with Gasteiger partial charge in [-0.2, -0.15) is 0 Å². The number of aromatic nitrogens is 2. The number of amides is 1. The molecule has 98 valence electrons. The molecule has 5 nitrogen and oxygen atoms in total. The van der Waals surface area contributed by atoms with Crippen molar-refractivity contribution in [3.8, 4) is 0 Å². The Hall–Kier alpha value is -2.43. The van der Waals surface area contributed by atoms with Crippen molar-refractivity contribution in [1.29, 1.82) is 0 Å². The number of hydrogen-bond acceptors (Lipinski definition) is 4. The maximum absolute atomic E-state index is 12.0. The normalized spacial score (nSPS) is 10.2. The van der Waals surface area contributed by atoms with E-state index in [1.54, 1.807) is 24.5 Å². The minimum atomic E-state index is -0.238. The number of pyridine rings is 2. The van der Waals surface area contributed by atoms with E-state index >= 15 is 0 Å². The van der Waals surface area contributed by atoms with Crippen LogP contribution in [0.15, 0.2) is 36.7 Å². The molecule has 1 amide bonds. The van der Waals surface area contributed by atoms with E-state index in [9.17, 15) is 4.79 Å². The minimum Gasteiger partial charge on any atom is -0.383 e. The molecular formula is C14H16N4O. The Kier molecular flexibility index (Phi) is 4.07. The lowest BCUT2D eigenvalue weighted by atomic mass is 10.1. The molecule has 0 fully saturated rings. The third-order valence-electron chi connectivity index (χ3n) is 2.86. The number of anilines is 1. The number of carbonyl (C=O) groups is 1. The fraction of sp³-hybridized carbons (Fsp3) is 0.214. The van der Waals surface area contributed by atoms with Gasteiger partial charge in [0, 0.05) is 12.4 Å². The zero-order valence-corrected chi connectivity index (χ0v) is 10.8. The van der Waals surface area contributed by atoms with Crippen LogP contribution in [0.2, 0.25) is 0 Å². The van der Waals surface area contributed by atoms with Crippen LogP contribution in [0.4, 0.5) is 5.82 Å². The van der Waals surface area contributed by atoms with Gasteiger partial charge in [-0.15, -0.1) is 0 Å². The van der Waals surface area contributed by atoms with Crippen LogP contribution >= 0.6 is 0 Å². The lowest BCUT2D eigenvalue weighted by Gasteiger charge is -2.09. The van der Waals surface area contributed by atoms with Crippen LogP contribution in [0.5, 0.6) is 0 Å². The van der Waals surface area contributed by atoms with Crippen molar-refractivity contribution in [2.75, 3.05) is 5.73 Å². The molecule has 19 heavy (non-hydrogen) atoms. The first-order chi connectivity index (χ1) is 9.22. The largest absolute Gasteiger partial charge is 0.383 e. The maximum Gasteiger partial charge on any atom is 0.255 e. The number of nitrogens with two attached hydrogens (primary N) is 1. The molecule has 3 N–H and O–H groups in total. The third-order valence-corrected chi connectivity index (χ3v) is 2.86. The van der Waals surface area contributed by atoms with Gasteiger partial charge in [-0.25, -0.2) is 4.98 Å². The second-order valence-corrected chi connectivity index (χ2v) is 4.08. The van der Waals surface area contributed by atoms with Crippen molar-refractivity contribution in [3.05, 3.63) is 53.5 Å². The van der Waals surface area contributed by atoms with Crippen LogP contribution in [0, 0.1) is 0 Å². The Labute approximate surface area is 111 Å². The summed E-state index contributed by atoms with van der Waals surface area (Å²) in [6.07, 6.45) is 4.16. The van der Waals surface area contributed by atoms with Gasteiger partial charge in [-0.3, -0.25) is 9.78 Å². The summed E-state index contributed by atoms with van der Waals surface area (Å²) in [6, 6.07) is 7.23. The van der Waals surface area contributed by atoms with E-state index in [-0.39, 0.29) is 11.7 Å². The second kappa shape index (κ2) is 5.95. The maximum atomic E-state index is 12.0. The molecule has 0 aliphatic heterocycles. The summed E-state index contributed by atoms with van der Waals surface area (Å²) in [5.74, 6) is -0.00459. The van der Waals surface area contributed by atoms with E-state index in [2.05, 4.69) is 22.2 Å². The van der Waals surface area contributed by atoms with Crippen molar-refractivity contribution in [3.63, 3.8) is 0 Å². The molecule has 0 saturated carbocycles. The molecule has 0 unspecified atom stereocenters. The summed E-state index contributed by atoms with van der Waals surface area (Å²) in [5, 5.41) is 2.81. The Balaban J connectivity index is 2.07. The summed E-state index contributed by atoms with van der Waals surface area (Å²) in [6.45, 7) is 2.44. The standard InChI is InChI=1S/C14H16N4O/c1-2-10-5-3-7-16-12(10)9-18-14(19)11-6-4-8-17-13(11)15/h3-8H,2,9H2,1H3,(H2,15,17)(H,18,19). The van der Waals surface area contributed by atoms with E-state index < -0.39 is 0 Å². The molecule has 5 heteroatoms. The lowest BCUT2D eigenvalue weighted by molar-refractivity contribution is 0.0951. The minimum absolute atomic E-state index is 0.233. The first kappa shape index (κ1) is 13.0. The van der Waals surface area contributed by atoms with Gasteiger partial charge < -0.3 is 11.1 Å². The molecule has 0 aliphatic rings. The number of aryl methyl sites for hydroxylation is 1. The van der Waals surface area contributed by atoms with E-state index in [1.807, 2.05) is 12.1 Å². The van der Waals surface area contributed by atoms with Gasteiger partial charge in [-0.05, 0) is 30.2 Å². The number of rotatable bonds is 4. The van der Waals surface area contributed by atoms with Crippen LogP contribution in [-0.2, 0) is 13.0 Å². The van der Waals surface area contributed by atoms with Crippen molar-refractivity contribution < 1.29 is 4.79 Å². The Bertz CT molecular complexity index is 583. The monoisotopic (exact) mass is 256 g/mol. The zero-order valence-electron chi connectivity index (χ0n) is 10.8. The molecule has 0 atom stereocenters. The summed E-state index contributed by atoms with van der Waals surface area (Å²) in [4.78, 5) is 20.1. The van der Waals surface area contributed by atoms with E-state index in [0.29, 0.717) is 12.1 Å². The number of nitrogens with zero attached hydrogens (tertiary/aromatic N) is 2. The van der Waals surface area contributed by atoms with Gasteiger partial charge in [0.15, 0.2) is 0 Å². The molecule has 0 aliphatic carbocycles. The highest BCUT2D eigenvalue weighted by Crippen LogP contribution is 2.09. The van der Waals surface area contributed by atoms with Gasteiger partial charge in [-0.1, -0.05) is 13.0 Å². The van der Waals surface area contributed by atoms with Crippen molar-refractivity contribution in [2.45, 2.75) is 19.9 Å². The Morgan fingerprint density at radius 3 is 2.74 bits per heavy atom. The van der Waals surface area contributed by atoms with Crippen LogP contribution in [0.25, 0.3) is 0 Å². The van der Waals surface area contributed by atoms with Gasteiger partial charge in [0.25, 0.3) is 5.91 Å². The topological polar surface area (TPSA) is 80.9 Å². The van der Waals surface area contributed by atoms with Crippen LogP contribution in [0.1, 0.15) is 28.5 Å². The summed E-state index contributed by atoms with van der Waals surface area (Å²) in [5.41, 5.74) is 8.05. The fourth-order valence-electron chi connectivity index (χ4n) is 1.82. The number of nitrogen functional groups attached to an aromatic ring is 1. The van der Waals surface area contributed by atoms with Crippen molar-refractivity contribution in [1.82, 2.24) is 15.3 Å². The highest BCUT2D eigenvalue weighted by Gasteiger charge is 2.10. The third kappa shape index (κ3) is 3.07. The molecule has 0 bridgehead atoms. The van der Waals surface area contributed by atoms with E-state index in [1.165, 1.54) is 0 Å². The molecule has 0 aromatic carbocycles. The molecule has 2 rings (SSSR count). The Morgan fingerprint density at radius 2 is 2.00 bits per heavy atom. The molecule has 0 spiro atoms. The first-order valence-corrected chi connectivity index (χ1v) is 6.13. The summed E-state index contributed by atoms with van der Waals surface area (Å²) >= 11 is 0. The van der Waals surface area contributed by atoms with Crippen LogP contribution in [-0.4, -0.2) is 15.9 Å². The fourth-order valence-corrected chi connectivity index (χ4v) is 1.82. The SMILES string of the molecule is CCc1cccnc1CNC(=O)c1cccnc1N. The zero-order chi connectivity index (χ0) is 13.7. The Morgan fingerprint density at radius 1 is 1.26 bits per heavy atom. The van der Waals surface area contributed by atoms with Crippen LogP contribution < -0.4 is 11.1 Å². The number of hydrogen-bond donors (Lipinski definition) is 2. The highest BCUT2D eigenvalue weighted by atomic mass is 16.1. The molecule has 0 radical (unpaired) electrons. The number of carbonyl (C=O) groups excluding carboxylic acids is 1. The van der Waals surface area contributed by atoms with E-state index in [4.69, 9.17) is 5.73 Å². The average Bonchev–Trinajstić information content (AvgIpc) is 2.45. The van der Waals surface area contributed by atoms with Crippen molar-refractivity contribution in [2.24, 2.45) is 0 Å². The predicted molar refractivity (Wildman–Crippen MR) is 73.4 cm³/mol. The molecule has 2 heterocycles. The summed E-state index contributed by atoms with van der Waals surface area (Å²) < 4.78 is 0. The molecule has 2 aromatic heterocycles. The average molecular weight is 256 g/mol. The van der Waals surface area contributed by atoms with Gasteiger partial charge in [0.2, 0.25) is 0 Å². The molecular weight excluding hydrogens is 240 g/mol. The summed E-state index contributed by atoms with van der Waals surface area (Å²) in [7, 11) is 0. The molecule has 2 aromatic rings. The molecule has 0 saturated heterocycles. The highest BCUT2D eigenvalue weighted by molar-refractivity contribution is 5.98.